The highest BCUT2D eigenvalue weighted by atomic mass is 19.1. The summed E-state index contributed by atoms with van der Waals surface area (Å²) in [4.78, 5) is 0. The van der Waals surface area contributed by atoms with E-state index in [0.29, 0.717) is 18.9 Å². The smallest absolute Gasteiger partial charge is 0.197 e. The molecule has 0 aromatic heterocycles. The van der Waals surface area contributed by atoms with Crippen molar-refractivity contribution in [3.8, 4) is 11.5 Å². The SMILES string of the molecule is COc1cccc(F)c1OC(c1ccccc1)[C@@H]1CNCCO1. The zero-order chi connectivity index (χ0) is 16.1. The van der Waals surface area contributed by atoms with E-state index in [9.17, 15) is 4.39 Å². The maximum Gasteiger partial charge on any atom is 0.197 e. The highest BCUT2D eigenvalue weighted by Gasteiger charge is 2.29. The van der Waals surface area contributed by atoms with Crippen molar-refractivity contribution in [2.45, 2.75) is 12.2 Å². The molecule has 122 valence electrons. The molecule has 0 radical (unpaired) electrons. The Labute approximate surface area is 135 Å². The second-order valence-corrected chi connectivity index (χ2v) is 5.33. The molecule has 0 spiro atoms. The number of ether oxygens (including phenoxy) is 3. The van der Waals surface area contributed by atoms with E-state index in [4.69, 9.17) is 14.2 Å². The van der Waals surface area contributed by atoms with Crippen LogP contribution in [0.25, 0.3) is 0 Å². The van der Waals surface area contributed by atoms with Crippen LogP contribution >= 0.6 is 0 Å². The standard InChI is InChI=1S/C18H20FNO3/c1-21-15-9-5-8-14(19)18(15)23-17(13-6-3-2-4-7-13)16-12-20-10-11-22-16/h2-9,16-17,20H,10-12H2,1H3/t16-,17?/m0/s1. The van der Waals surface area contributed by atoms with Gasteiger partial charge in [-0.25, -0.2) is 4.39 Å². The van der Waals surface area contributed by atoms with Gasteiger partial charge in [0.05, 0.1) is 13.7 Å². The molecule has 1 N–H and O–H groups in total. The zero-order valence-electron chi connectivity index (χ0n) is 13.0. The molecule has 2 aromatic rings. The van der Waals surface area contributed by atoms with Crippen LogP contribution in [-0.2, 0) is 4.74 Å². The first kappa shape index (κ1) is 15.8. The summed E-state index contributed by atoms with van der Waals surface area (Å²) in [6.45, 7) is 2.06. The molecule has 1 fully saturated rings. The van der Waals surface area contributed by atoms with Crippen LogP contribution in [0.5, 0.6) is 11.5 Å². The fourth-order valence-corrected chi connectivity index (χ4v) is 2.67. The van der Waals surface area contributed by atoms with Crippen LogP contribution in [0, 0.1) is 5.82 Å². The van der Waals surface area contributed by atoms with E-state index in [1.165, 1.54) is 13.2 Å². The molecule has 1 aliphatic rings. The third-order valence-electron chi connectivity index (χ3n) is 3.82. The average molecular weight is 317 g/mol. The summed E-state index contributed by atoms with van der Waals surface area (Å²) in [5.41, 5.74) is 0.937. The lowest BCUT2D eigenvalue weighted by Gasteiger charge is -2.32. The summed E-state index contributed by atoms with van der Waals surface area (Å²) in [5.74, 6) is 0.0294. The molecule has 3 rings (SSSR count). The second kappa shape index (κ2) is 7.44. The fraction of sp³-hybridized carbons (Fsp3) is 0.333. The average Bonchev–Trinajstić information content (AvgIpc) is 2.62. The molecule has 0 bridgehead atoms. The summed E-state index contributed by atoms with van der Waals surface area (Å²) >= 11 is 0. The lowest BCUT2D eigenvalue weighted by Crippen LogP contribution is -2.43. The van der Waals surface area contributed by atoms with E-state index in [1.54, 1.807) is 12.1 Å². The molecule has 23 heavy (non-hydrogen) atoms. The number of hydrogen-bond donors (Lipinski definition) is 1. The minimum absolute atomic E-state index is 0.109. The van der Waals surface area contributed by atoms with Crippen LogP contribution in [-0.4, -0.2) is 32.9 Å². The Hall–Kier alpha value is -2.11. The summed E-state index contributed by atoms with van der Waals surface area (Å²) < 4.78 is 31.3. The van der Waals surface area contributed by atoms with Crippen molar-refractivity contribution in [3.63, 3.8) is 0 Å². The van der Waals surface area contributed by atoms with Crippen LogP contribution in [0.2, 0.25) is 0 Å². The maximum absolute atomic E-state index is 14.2. The number of halogens is 1. The minimum Gasteiger partial charge on any atom is -0.493 e. The van der Waals surface area contributed by atoms with E-state index < -0.39 is 11.9 Å². The first-order valence-electron chi connectivity index (χ1n) is 7.66. The Morgan fingerprint density at radius 3 is 2.70 bits per heavy atom. The van der Waals surface area contributed by atoms with Gasteiger partial charge in [-0.05, 0) is 17.7 Å². The first-order valence-corrected chi connectivity index (χ1v) is 7.66. The number of hydrogen-bond acceptors (Lipinski definition) is 4. The van der Waals surface area contributed by atoms with Crippen molar-refractivity contribution >= 4 is 0 Å². The normalized spacial score (nSPS) is 19.1. The topological polar surface area (TPSA) is 39.7 Å². The van der Waals surface area contributed by atoms with E-state index in [2.05, 4.69) is 5.32 Å². The molecule has 1 aliphatic heterocycles. The maximum atomic E-state index is 14.2. The van der Waals surface area contributed by atoms with Gasteiger partial charge in [-0.3, -0.25) is 0 Å². The Morgan fingerprint density at radius 2 is 2.00 bits per heavy atom. The van der Waals surface area contributed by atoms with Crippen molar-refractivity contribution in [2.75, 3.05) is 26.8 Å². The van der Waals surface area contributed by atoms with Gasteiger partial charge in [-0.2, -0.15) is 0 Å². The summed E-state index contributed by atoms with van der Waals surface area (Å²) in [6, 6.07) is 14.3. The number of nitrogens with one attached hydrogen (secondary N) is 1. The molecule has 1 heterocycles. The molecule has 0 amide bonds. The molecule has 5 heteroatoms. The first-order chi connectivity index (χ1) is 11.3. The summed E-state index contributed by atoms with van der Waals surface area (Å²) in [7, 11) is 1.50. The van der Waals surface area contributed by atoms with Crippen LogP contribution in [0.15, 0.2) is 48.5 Å². The number of para-hydroxylation sites is 1. The molecular weight excluding hydrogens is 297 g/mol. The molecule has 2 atom stereocenters. The second-order valence-electron chi connectivity index (χ2n) is 5.33. The molecule has 4 nitrogen and oxygen atoms in total. The lowest BCUT2D eigenvalue weighted by molar-refractivity contribution is -0.0448. The van der Waals surface area contributed by atoms with Crippen LogP contribution in [0.4, 0.5) is 4.39 Å². The van der Waals surface area contributed by atoms with Gasteiger partial charge in [0.1, 0.15) is 6.10 Å². The van der Waals surface area contributed by atoms with E-state index >= 15 is 0 Å². The number of rotatable bonds is 5. The largest absolute Gasteiger partial charge is 0.493 e. The van der Waals surface area contributed by atoms with Gasteiger partial charge in [-0.15, -0.1) is 0 Å². The van der Waals surface area contributed by atoms with Crippen molar-refractivity contribution < 1.29 is 18.6 Å². The van der Waals surface area contributed by atoms with Gasteiger partial charge in [0, 0.05) is 13.1 Å². The highest BCUT2D eigenvalue weighted by Crippen LogP contribution is 2.35. The predicted molar refractivity (Wildman–Crippen MR) is 85.4 cm³/mol. The van der Waals surface area contributed by atoms with Gasteiger partial charge >= 0.3 is 0 Å². The van der Waals surface area contributed by atoms with Crippen molar-refractivity contribution in [1.29, 1.82) is 0 Å². The van der Waals surface area contributed by atoms with Crippen LogP contribution in [0.3, 0.4) is 0 Å². The van der Waals surface area contributed by atoms with Gasteiger partial charge in [0.15, 0.2) is 23.4 Å². The molecular formula is C18H20FNO3. The highest BCUT2D eigenvalue weighted by molar-refractivity contribution is 5.41. The summed E-state index contributed by atoms with van der Waals surface area (Å²) in [5, 5.41) is 3.28. The Morgan fingerprint density at radius 1 is 1.17 bits per heavy atom. The number of morpholine rings is 1. The predicted octanol–water partition coefficient (Wildman–Crippen LogP) is 2.94. The third-order valence-corrected chi connectivity index (χ3v) is 3.82. The zero-order valence-corrected chi connectivity index (χ0v) is 13.0. The van der Waals surface area contributed by atoms with Crippen molar-refractivity contribution in [1.82, 2.24) is 5.32 Å². The van der Waals surface area contributed by atoms with Gasteiger partial charge in [0.2, 0.25) is 0 Å². The third kappa shape index (κ3) is 3.63. The fourth-order valence-electron chi connectivity index (χ4n) is 2.67. The van der Waals surface area contributed by atoms with Crippen molar-refractivity contribution in [2.24, 2.45) is 0 Å². The minimum atomic E-state index is -0.450. The van der Waals surface area contributed by atoms with Crippen molar-refractivity contribution in [3.05, 3.63) is 59.9 Å². The molecule has 1 unspecified atom stereocenters. The molecule has 0 saturated carbocycles. The van der Waals surface area contributed by atoms with E-state index in [-0.39, 0.29) is 11.9 Å². The Kier molecular flexibility index (Phi) is 5.10. The monoisotopic (exact) mass is 317 g/mol. The molecule has 1 saturated heterocycles. The lowest BCUT2D eigenvalue weighted by atomic mass is 10.0. The quantitative estimate of drug-likeness (QED) is 0.920. The van der Waals surface area contributed by atoms with Gasteiger partial charge in [-0.1, -0.05) is 36.4 Å². The van der Waals surface area contributed by atoms with E-state index in [1.807, 2.05) is 30.3 Å². The molecule has 2 aromatic carbocycles. The number of methoxy groups -OCH3 is 1. The summed E-state index contributed by atoms with van der Waals surface area (Å²) in [6.07, 6.45) is -0.620. The van der Waals surface area contributed by atoms with Crippen LogP contribution in [0.1, 0.15) is 11.7 Å². The van der Waals surface area contributed by atoms with Crippen LogP contribution < -0.4 is 14.8 Å². The number of benzene rings is 2. The molecule has 0 aliphatic carbocycles. The van der Waals surface area contributed by atoms with Gasteiger partial charge < -0.3 is 19.5 Å². The Bertz CT molecular complexity index is 629. The van der Waals surface area contributed by atoms with E-state index in [0.717, 1.165) is 12.1 Å². The van der Waals surface area contributed by atoms with Gasteiger partial charge in [0.25, 0.3) is 0 Å². The Balaban J connectivity index is 1.93.